The van der Waals surface area contributed by atoms with Crippen molar-refractivity contribution in [3.05, 3.63) is 12.2 Å². The maximum atomic E-state index is 6.34. The molecule has 0 aliphatic carbocycles. The summed E-state index contributed by atoms with van der Waals surface area (Å²) in [4.78, 5) is 0. The van der Waals surface area contributed by atoms with Crippen molar-refractivity contribution in [3.8, 4) is 0 Å². The van der Waals surface area contributed by atoms with E-state index >= 15 is 0 Å². The first-order valence-corrected chi connectivity index (χ1v) is 13.2. The molecule has 142 valence electrons. The molecule has 0 amide bonds. The molecule has 0 unspecified atom stereocenters. The SMILES string of the molecule is CCCCCCC=CCC[O][Al]([CH2]CCCCC)[CH2]CCCCC. The van der Waals surface area contributed by atoms with Gasteiger partial charge in [-0.3, -0.25) is 0 Å². The van der Waals surface area contributed by atoms with Crippen molar-refractivity contribution in [2.24, 2.45) is 0 Å². The van der Waals surface area contributed by atoms with Gasteiger partial charge in [-0.2, -0.15) is 0 Å². The lowest BCUT2D eigenvalue weighted by atomic mass is 10.1. The lowest BCUT2D eigenvalue weighted by Crippen LogP contribution is -2.18. The summed E-state index contributed by atoms with van der Waals surface area (Å²) in [6.45, 7) is 7.84. The third kappa shape index (κ3) is 18.6. The van der Waals surface area contributed by atoms with Gasteiger partial charge in [0.25, 0.3) is 0 Å². The van der Waals surface area contributed by atoms with Crippen molar-refractivity contribution < 1.29 is 3.79 Å². The van der Waals surface area contributed by atoms with Crippen LogP contribution in [0.3, 0.4) is 0 Å². The smallest absolute Gasteiger partial charge is 0.460 e. The summed E-state index contributed by atoms with van der Waals surface area (Å²) in [7, 11) is 0. The van der Waals surface area contributed by atoms with Crippen molar-refractivity contribution in [3.63, 3.8) is 0 Å². The van der Waals surface area contributed by atoms with E-state index in [-0.39, 0.29) is 0 Å². The lowest BCUT2D eigenvalue weighted by molar-refractivity contribution is 0.322. The molecule has 0 rings (SSSR count). The topological polar surface area (TPSA) is 9.23 Å². The van der Waals surface area contributed by atoms with Crippen LogP contribution in [0.5, 0.6) is 0 Å². The largest absolute Gasteiger partial charge is 0.500 e. The van der Waals surface area contributed by atoms with E-state index in [2.05, 4.69) is 32.9 Å². The van der Waals surface area contributed by atoms with Crippen LogP contribution in [-0.2, 0) is 3.79 Å². The predicted molar refractivity (Wildman–Crippen MR) is 112 cm³/mol. The summed E-state index contributed by atoms with van der Waals surface area (Å²) in [5, 5.41) is 2.82. The zero-order valence-electron chi connectivity index (χ0n) is 17.2. The highest BCUT2D eigenvalue weighted by Crippen LogP contribution is 2.15. The van der Waals surface area contributed by atoms with Crippen molar-refractivity contribution in [2.45, 2.75) is 121 Å². The van der Waals surface area contributed by atoms with Crippen LogP contribution in [0.1, 0.15) is 111 Å². The second-order valence-corrected chi connectivity index (χ2v) is 10.0. The van der Waals surface area contributed by atoms with Crippen LogP contribution in [-0.4, -0.2) is 21.1 Å². The maximum absolute atomic E-state index is 6.34. The van der Waals surface area contributed by atoms with Gasteiger partial charge in [-0.25, -0.2) is 0 Å². The minimum atomic E-state index is -0.927. The number of rotatable bonds is 19. The molecule has 2 heteroatoms. The fraction of sp³-hybridized carbons (Fsp3) is 0.909. The van der Waals surface area contributed by atoms with Crippen molar-refractivity contribution in [2.75, 3.05) is 6.61 Å². The molecule has 0 heterocycles. The maximum Gasteiger partial charge on any atom is 0.460 e. The second-order valence-electron chi connectivity index (χ2n) is 7.30. The van der Waals surface area contributed by atoms with Gasteiger partial charge in [0.1, 0.15) is 0 Å². The standard InChI is InChI=1S/C10H19O.2C6H13.Al/c1-2-3-4-5-6-7-8-9-10-11;2*1-3-5-6-4-2;/h7-8H,2-6,9-10H2,1H3;2*1,3-6H2,2H3;/q-1;;;+1. The number of unbranched alkanes of at least 4 members (excludes halogenated alkanes) is 10. The minimum Gasteiger partial charge on any atom is -0.500 e. The summed E-state index contributed by atoms with van der Waals surface area (Å²) in [5.41, 5.74) is 0. The quantitative estimate of drug-likeness (QED) is 0.130. The third-order valence-corrected chi connectivity index (χ3v) is 7.60. The molecule has 0 saturated heterocycles. The van der Waals surface area contributed by atoms with E-state index in [1.807, 2.05) is 0 Å². The summed E-state index contributed by atoms with van der Waals surface area (Å²) in [6, 6.07) is 0. The Kier molecular flexibility index (Phi) is 21.5. The summed E-state index contributed by atoms with van der Waals surface area (Å²) in [5.74, 6) is 0. The monoisotopic (exact) mass is 352 g/mol. The van der Waals surface area contributed by atoms with E-state index in [1.54, 1.807) is 0 Å². The molecule has 0 aromatic heterocycles. The number of allylic oxidation sites excluding steroid dienone is 1. The third-order valence-electron chi connectivity index (χ3n) is 4.79. The molecular formula is C22H45AlO. The highest BCUT2D eigenvalue weighted by atomic mass is 27.2. The summed E-state index contributed by atoms with van der Waals surface area (Å²) < 4.78 is 6.34. The van der Waals surface area contributed by atoms with E-state index in [4.69, 9.17) is 3.79 Å². The highest BCUT2D eigenvalue weighted by Gasteiger charge is 2.18. The van der Waals surface area contributed by atoms with E-state index in [0.29, 0.717) is 0 Å². The van der Waals surface area contributed by atoms with Gasteiger partial charge in [-0.1, -0.05) is 114 Å². The summed E-state index contributed by atoms with van der Waals surface area (Å²) >= 11 is -0.927. The first-order chi connectivity index (χ1) is 11.8. The Morgan fingerprint density at radius 3 is 1.62 bits per heavy atom. The molecular weight excluding hydrogens is 307 g/mol. The molecule has 0 aromatic carbocycles. The van der Waals surface area contributed by atoms with Crippen LogP contribution in [0.15, 0.2) is 12.2 Å². The van der Waals surface area contributed by atoms with Crippen molar-refractivity contribution in [1.29, 1.82) is 0 Å². The van der Waals surface area contributed by atoms with Crippen LogP contribution < -0.4 is 0 Å². The Balaban J connectivity index is 3.74. The minimum absolute atomic E-state index is 0.927. The van der Waals surface area contributed by atoms with Crippen LogP contribution in [0.4, 0.5) is 0 Å². The molecule has 1 nitrogen and oxygen atoms in total. The molecule has 0 aliphatic heterocycles. The Hall–Kier alpha value is 0.232. The van der Waals surface area contributed by atoms with Gasteiger partial charge in [-0.05, 0) is 19.3 Å². The number of hydrogen-bond acceptors (Lipinski definition) is 1. The van der Waals surface area contributed by atoms with Gasteiger partial charge in [-0.15, -0.1) is 0 Å². The first-order valence-electron chi connectivity index (χ1n) is 11.1. The van der Waals surface area contributed by atoms with Gasteiger partial charge in [0.2, 0.25) is 0 Å². The van der Waals surface area contributed by atoms with Crippen LogP contribution >= 0.6 is 0 Å². The van der Waals surface area contributed by atoms with Crippen molar-refractivity contribution in [1.82, 2.24) is 0 Å². The fourth-order valence-corrected chi connectivity index (χ4v) is 5.72. The lowest BCUT2D eigenvalue weighted by Gasteiger charge is -2.12. The van der Waals surface area contributed by atoms with E-state index in [0.717, 1.165) is 13.0 Å². The highest BCUT2D eigenvalue weighted by molar-refractivity contribution is 6.51. The Bertz CT molecular complexity index is 240. The Morgan fingerprint density at radius 2 is 1.08 bits per heavy atom. The molecule has 0 atom stereocenters. The molecule has 0 saturated carbocycles. The Labute approximate surface area is 158 Å². The molecule has 0 fully saturated rings. The second kappa shape index (κ2) is 21.3. The van der Waals surface area contributed by atoms with E-state index < -0.39 is 14.5 Å². The average Bonchev–Trinajstić information content (AvgIpc) is 2.60. The average molecular weight is 353 g/mol. The zero-order chi connectivity index (χ0) is 17.7. The van der Waals surface area contributed by atoms with Crippen molar-refractivity contribution >= 4 is 14.5 Å². The van der Waals surface area contributed by atoms with Gasteiger partial charge < -0.3 is 3.79 Å². The molecule has 0 bridgehead atoms. The van der Waals surface area contributed by atoms with Gasteiger partial charge in [0.15, 0.2) is 0 Å². The summed E-state index contributed by atoms with van der Waals surface area (Å²) in [6.07, 6.45) is 23.7. The normalized spacial score (nSPS) is 11.5. The van der Waals surface area contributed by atoms with Crippen LogP contribution in [0.2, 0.25) is 10.6 Å². The van der Waals surface area contributed by atoms with Gasteiger partial charge in [0, 0.05) is 6.61 Å². The first kappa shape index (κ1) is 24.2. The van der Waals surface area contributed by atoms with Crippen LogP contribution in [0.25, 0.3) is 0 Å². The fourth-order valence-electron chi connectivity index (χ4n) is 3.14. The molecule has 24 heavy (non-hydrogen) atoms. The predicted octanol–water partition coefficient (Wildman–Crippen LogP) is 8.07. The molecule has 0 radical (unpaired) electrons. The molecule has 0 N–H and O–H groups in total. The van der Waals surface area contributed by atoms with E-state index in [9.17, 15) is 0 Å². The zero-order valence-corrected chi connectivity index (χ0v) is 18.3. The molecule has 0 spiro atoms. The van der Waals surface area contributed by atoms with Gasteiger partial charge >= 0.3 is 14.5 Å². The van der Waals surface area contributed by atoms with Crippen LogP contribution in [0, 0.1) is 0 Å². The Morgan fingerprint density at radius 1 is 0.583 bits per heavy atom. The van der Waals surface area contributed by atoms with E-state index in [1.165, 1.54) is 94.0 Å². The molecule has 0 aliphatic rings. The molecule has 0 aromatic rings. The van der Waals surface area contributed by atoms with Gasteiger partial charge in [0.05, 0.1) is 0 Å². The number of hydrogen-bond donors (Lipinski definition) is 0.